The van der Waals surface area contributed by atoms with Gasteiger partial charge in [-0.1, -0.05) is 36.4 Å². The van der Waals surface area contributed by atoms with Crippen molar-refractivity contribution >= 4 is 5.69 Å². The summed E-state index contributed by atoms with van der Waals surface area (Å²) in [5.41, 5.74) is 8.21. The molecule has 2 aromatic carbocycles. The molecule has 0 radical (unpaired) electrons. The molecule has 0 atom stereocenters. The number of nitrogens with zero attached hydrogens (tertiary/aromatic N) is 1. The molecule has 0 fully saturated rings. The maximum absolute atomic E-state index is 5.80. The highest BCUT2D eigenvalue weighted by molar-refractivity contribution is 5.52. The van der Waals surface area contributed by atoms with Crippen molar-refractivity contribution in [3.63, 3.8) is 0 Å². The highest BCUT2D eigenvalue weighted by Crippen LogP contribution is 2.19. The molecule has 2 rings (SSSR count). The van der Waals surface area contributed by atoms with E-state index in [0.29, 0.717) is 13.2 Å². The van der Waals surface area contributed by atoms with Gasteiger partial charge < -0.3 is 15.4 Å². The molecule has 2 aromatic rings. The van der Waals surface area contributed by atoms with E-state index in [1.807, 2.05) is 30.3 Å². The number of aryl methyl sites for hydroxylation is 1. The SMILES string of the molecule is Cc1ccccc1N(CCCN)CCOc1ccccc1. The number of hydrogen-bond acceptors (Lipinski definition) is 3. The molecule has 0 aliphatic carbocycles. The van der Waals surface area contributed by atoms with Gasteiger partial charge in [-0.25, -0.2) is 0 Å². The van der Waals surface area contributed by atoms with Crippen molar-refractivity contribution in [1.82, 2.24) is 0 Å². The Bertz CT molecular complexity index is 528. The van der Waals surface area contributed by atoms with Gasteiger partial charge in [-0.2, -0.15) is 0 Å². The van der Waals surface area contributed by atoms with Crippen LogP contribution in [0, 0.1) is 6.92 Å². The van der Waals surface area contributed by atoms with Crippen LogP contribution in [0.1, 0.15) is 12.0 Å². The van der Waals surface area contributed by atoms with Gasteiger partial charge in [-0.15, -0.1) is 0 Å². The Morgan fingerprint density at radius 2 is 1.67 bits per heavy atom. The molecule has 0 aliphatic rings. The number of para-hydroxylation sites is 2. The van der Waals surface area contributed by atoms with E-state index >= 15 is 0 Å². The smallest absolute Gasteiger partial charge is 0.119 e. The van der Waals surface area contributed by atoms with Crippen LogP contribution < -0.4 is 15.4 Å². The molecule has 0 aromatic heterocycles. The molecule has 0 saturated heterocycles. The Hall–Kier alpha value is -2.00. The summed E-state index contributed by atoms with van der Waals surface area (Å²) in [6.07, 6.45) is 0.986. The first kappa shape index (κ1) is 15.4. The number of hydrogen-bond donors (Lipinski definition) is 1. The van der Waals surface area contributed by atoms with Crippen LogP contribution in [0.5, 0.6) is 5.75 Å². The highest BCUT2D eigenvalue weighted by Gasteiger charge is 2.08. The topological polar surface area (TPSA) is 38.5 Å². The quantitative estimate of drug-likeness (QED) is 0.809. The van der Waals surface area contributed by atoms with Gasteiger partial charge in [0.25, 0.3) is 0 Å². The summed E-state index contributed by atoms with van der Waals surface area (Å²) >= 11 is 0. The van der Waals surface area contributed by atoms with E-state index in [0.717, 1.165) is 25.3 Å². The summed E-state index contributed by atoms with van der Waals surface area (Å²) in [6, 6.07) is 18.4. The Morgan fingerprint density at radius 1 is 0.952 bits per heavy atom. The molecule has 3 nitrogen and oxygen atoms in total. The first-order chi connectivity index (χ1) is 10.3. The standard InChI is InChI=1S/C18H24N2O/c1-16-8-5-6-11-18(16)20(13-7-12-19)14-15-21-17-9-3-2-4-10-17/h2-6,8-11H,7,12-15,19H2,1H3. The van der Waals surface area contributed by atoms with E-state index < -0.39 is 0 Å². The third-order valence-corrected chi connectivity index (χ3v) is 3.46. The predicted molar refractivity (Wildman–Crippen MR) is 89.0 cm³/mol. The molecule has 21 heavy (non-hydrogen) atoms. The van der Waals surface area contributed by atoms with Gasteiger partial charge >= 0.3 is 0 Å². The minimum atomic E-state index is 0.670. The van der Waals surface area contributed by atoms with Crippen LogP contribution in [0.3, 0.4) is 0 Å². The first-order valence-electron chi connectivity index (χ1n) is 7.50. The van der Waals surface area contributed by atoms with Crippen LogP contribution in [0.4, 0.5) is 5.69 Å². The van der Waals surface area contributed by atoms with Crippen LogP contribution in [-0.2, 0) is 0 Å². The molecule has 112 valence electrons. The number of benzene rings is 2. The van der Waals surface area contributed by atoms with Crippen LogP contribution >= 0.6 is 0 Å². The van der Waals surface area contributed by atoms with E-state index in [9.17, 15) is 0 Å². The molecule has 0 saturated carbocycles. The lowest BCUT2D eigenvalue weighted by Crippen LogP contribution is -2.31. The van der Waals surface area contributed by atoms with Crippen molar-refractivity contribution in [3.05, 3.63) is 60.2 Å². The Balaban J connectivity index is 1.95. The second-order valence-electron chi connectivity index (χ2n) is 5.08. The average molecular weight is 284 g/mol. The Kier molecular flexibility index (Phi) is 6.10. The molecular weight excluding hydrogens is 260 g/mol. The fourth-order valence-corrected chi connectivity index (χ4v) is 2.34. The third-order valence-electron chi connectivity index (χ3n) is 3.46. The highest BCUT2D eigenvalue weighted by atomic mass is 16.5. The third kappa shape index (κ3) is 4.80. The van der Waals surface area contributed by atoms with Gasteiger partial charge in [-0.05, 0) is 43.7 Å². The maximum atomic E-state index is 5.80. The molecule has 0 spiro atoms. The van der Waals surface area contributed by atoms with Crippen molar-refractivity contribution in [1.29, 1.82) is 0 Å². The molecule has 0 amide bonds. The fraction of sp³-hybridized carbons (Fsp3) is 0.333. The van der Waals surface area contributed by atoms with Crippen LogP contribution in [0.2, 0.25) is 0 Å². The summed E-state index contributed by atoms with van der Waals surface area (Å²) in [7, 11) is 0. The average Bonchev–Trinajstić information content (AvgIpc) is 2.52. The van der Waals surface area contributed by atoms with Crippen LogP contribution in [0.15, 0.2) is 54.6 Å². The lowest BCUT2D eigenvalue weighted by atomic mass is 10.1. The molecule has 0 aliphatic heterocycles. The van der Waals surface area contributed by atoms with Gasteiger partial charge in [0, 0.05) is 12.2 Å². The van der Waals surface area contributed by atoms with Crippen molar-refractivity contribution in [2.45, 2.75) is 13.3 Å². The zero-order valence-corrected chi connectivity index (χ0v) is 12.7. The second-order valence-corrected chi connectivity index (χ2v) is 5.08. The molecule has 0 bridgehead atoms. The van der Waals surface area contributed by atoms with E-state index in [1.165, 1.54) is 11.3 Å². The largest absolute Gasteiger partial charge is 0.492 e. The minimum Gasteiger partial charge on any atom is -0.492 e. The van der Waals surface area contributed by atoms with E-state index in [1.54, 1.807) is 0 Å². The van der Waals surface area contributed by atoms with E-state index in [4.69, 9.17) is 10.5 Å². The molecule has 0 unspecified atom stereocenters. The summed E-state index contributed by atoms with van der Waals surface area (Å²) in [4.78, 5) is 2.35. The van der Waals surface area contributed by atoms with Gasteiger partial charge in [0.1, 0.15) is 12.4 Å². The monoisotopic (exact) mass is 284 g/mol. The zero-order valence-electron chi connectivity index (χ0n) is 12.7. The summed E-state index contributed by atoms with van der Waals surface area (Å²) in [5.74, 6) is 0.918. The predicted octanol–water partition coefficient (Wildman–Crippen LogP) is 3.23. The number of rotatable bonds is 8. The van der Waals surface area contributed by atoms with E-state index in [2.05, 4.69) is 36.1 Å². The minimum absolute atomic E-state index is 0.670. The first-order valence-corrected chi connectivity index (χ1v) is 7.50. The van der Waals surface area contributed by atoms with E-state index in [-0.39, 0.29) is 0 Å². The fourth-order valence-electron chi connectivity index (χ4n) is 2.34. The lowest BCUT2D eigenvalue weighted by molar-refractivity contribution is 0.323. The Morgan fingerprint density at radius 3 is 2.38 bits per heavy atom. The zero-order chi connectivity index (χ0) is 14.9. The molecule has 3 heteroatoms. The van der Waals surface area contributed by atoms with Crippen LogP contribution in [0.25, 0.3) is 0 Å². The van der Waals surface area contributed by atoms with Gasteiger partial charge in [-0.3, -0.25) is 0 Å². The number of nitrogens with two attached hydrogens (primary N) is 1. The summed E-state index contributed by atoms with van der Waals surface area (Å²) < 4.78 is 5.80. The lowest BCUT2D eigenvalue weighted by Gasteiger charge is -2.26. The molecular formula is C18H24N2O. The van der Waals surface area contributed by atoms with Crippen molar-refractivity contribution in [3.8, 4) is 5.75 Å². The Labute approximate surface area is 127 Å². The van der Waals surface area contributed by atoms with Crippen LogP contribution in [-0.4, -0.2) is 26.2 Å². The summed E-state index contributed by atoms with van der Waals surface area (Å²) in [5, 5.41) is 0. The summed E-state index contributed by atoms with van der Waals surface area (Å²) in [6.45, 7) is 5.34. The number of ether oxygens (including phenoxy) is 1. The van der Waals surface area contributed by atoms with Gasteiger partial charge in [0.2, 0.25) is 0 Å². The molecule has 2 N–H and O–H groups in total. The second kappa shape index (κ2) is 8.32. The molecule has 0 heterocycles. The van der Waals surface area contributed by atoms with Gasteiger partial charge in [0.15, 0.2) is 0 Å². The van der Waals surface area contributed by atoms with Crippen molar-refractivity contribution in [2.24, 2.45) is 5.73 Å². The number of anilines is 1. The van der Waals surface area contributed by atoms with Crippen molar-refractivity contribution in [2.75, 3.05) is 31.1 Å². The maximum Gasteiger partial charge on any atom is 0.119 e. The normalized spacial score (nSPS) is 10.4. The van der Waals surface area contributed by atoms with Gasteiger partial charge in [0.05, 0.1) is 6.54 Å². The van der Waals surface area contributed by atoms with Crippen molar-refractivity contribution < 1.29 is 4.74 Å².